The minimum absolute atomic E-state index is 0.0295. The lowest BCUT2D eigenvalue weighted by atomic mass is 9.93. The van der Waals surface area contributed by atoms with Crippen molar-refractivity contribution in [3.63, 3.8) is 0 Å². The molecule has 2 rings (SSSR count). The zero-order chi connectivity index (χ0) is 15.2. The second-order valence-corrected chi connectivity index (χ2v) is 6.06. The van der Waals surface area contributed by atoms with Crippen LogP contribution in [-0.4, -0.2) is 43.6 Å². The van der Waals surface area contributed by atoms with Crippen LogP contribution in [0.15, 0.2) is 24.3 Å². The monoisotopic (exact) mass is 290 g/mol. The van der Waals surface area contributed by atoms with Crippen molar-refractivity contribution in [1.29, 1.82) is 0 Å². The molecule has 1 aliphatic heterocycles. The van der Waals surface area contributed by atoms with Crippen LogP contribution in [0, 0.1) is 12.8 Å². The first kappa shape index (κ1) is 15.8. The number of likely N-dealkylation sites (N-methyl/N-ethyl adjacent to an activating group) is 1. The van der Waals surface area contributed by atoms with Gasteiger partial charge in [-0.1, -0.05) is 24.6 Å². The molecule has 1 fully saturated rings. The topological polar surface area (TPSA) is 41.6 Å². The van der Waals surface area contributed by atoms with Gasteiger partial charge in [0.1, 0.15) is 12.4 Å². The molecule has 0 bridgehead atoms. The van der Waals surface area contributed by atoms with Gasteiger partial charge < -0.3 is 15.0 Å². The first-order valence-corrected chi connectivity index (χ1v) is 7.74. The summed E-state index contributed by atoms with van der Waals surface area (Å²) in [4.78, 5) is 14.1. The van der Waals surface area contributed by atoms with Gasteiger partial charge in [-0.15, -0.1) is 0 Å². The van der Waals surface area contributed by atoms with Crippen LogP contribution < -0.4 is 10.1 Å². The number of carbonyl (C=O) groups excluding carboxylic acids is 1. The van der Waals surface area contributed by atoms with Crippen molar-refractivity contribution >= 4 is 5.91 Å². The molecule has 2 unspecified atom stereocenters. The molecular formula is C17H26N2O2. The lowest BCUT2D eigenvalue weighted by Gasteiger charge is -2.30. The smallest absolute Gasteiger partial charge is 0.239 e. The Morgan fingerprint density at radius 1 is 1.38 bits per heavy atom. The van der Waals surface area contributed by atoms with Gasteiger partial charge in [0.2, 0.25) is 5.91 Å². The maximum Gasteiger partial charge on any atom is 0.239 e. The number of nitrogens with one attached hydrogen (secondary N) is 1. The third-order valence-electron chi connectivity index (χ3n) is 4.06. The van der Waals surface area contributed by atoms with Crippen LogP contribution in [0.3, 0.4) is 0 Å². The molecule has 21 heavy (non-hydrogen) atoms. The Hall–Kier alpha value is -1.55. The molecule has 2 atom stereocenters. The summed E-state index contributed by atoms with van der Waals surface area (Å²) in [7, 11) is 1.85. The Morgan fingerprint density at radius 3 is 2.76 bits per heavy atom. The highest BCUT2D eigenvalue weighted by Crippen LogP contribution is 2.16. The van der Waals surface area contributed by atoms with Crippen molar-refractivity contribution in [2.45, 2.75) is 32.7 Å². The normalized spacial score (nSPS) is 21.9. The predicted molar refractivity (Wildman–Crippen MR) is 84.5 cm³/mol. The van der Waals surface area contributed by atoms with E-state index in [1.54, 1.807) is 4.90 Å². The Bertz CT molecular complexity index is 458. The van der Waals surface area contributed by atoms with Crippen LogP contribution in [0.25, 0.3) is 0 Å². The summed E-state index contributed by atoms with van der Waals surface area (Å²) < 4.78 is 5.68. The average molecular weight is 290 g/mol. The minimum Gasteiger partial charge on any atom is -0.492 e. The minimum atomic E-state index is -0.0295. The van der Waals surface area contributed by atoms with Crippen LogP contribution >= 0.6 is 0 Å². The summed E-state index contributed by atoms with van der Waals surface area (Å²) in [5.41, 5.74) is 1.21. The highest BCUT2D eigenvalue weighted by molar-refractivity contribution is 5.81. The van der Waals surface area contributed by atoms with Crippen molar-refractivity contribution in [3.8, 4) is 5.75 Å². The van der Waals surface area contributed by atoms with Crippen molar-refractivity contribution < 1.29 is 9.53 Å². The number of hydrogen-bond donors (Lipinski definition) is 1. The lowest BCUT2D eigenvalue weighted by molar-refractivity contribution is -0.133. The molecule has 1 N–H and O–H groups in total. The van der Waals surface area contributed by atoms with E-state index in [2.05, 4.69) is 12.2 Å². The molecule has 1 aromatic rings. The largest absolute Gasteiger partial charge is 0.492 e. The standard InChI is InChI=1S/C17H26N2O2/c1-13-4-6-15(7-5-13)21-11-10-19(3)17(20)16-12-14(2)8-9-18-16/h4-7,14,16,18H,8-12H2,1-3H3. The number of nitrogens with zero attached hydrogens (tertiary/aromatic N) is 1. The second kappa shape index (κ2) is 7.46. The molecule has 1 aromatic carbocycles. The number of benzene rings is 1. The number of hydrogen-bond acceptors (Lipinski definition) is 3. The second-order valence-electron chi connectivity index (χ2n) is 6.06. The van der Waals surface area contributed by atoms with E-state index in [0.717, 1.165) is 25.1 Å². The molecule has 0 spiro atoms. The Morgan fingerprint density at radius 2 is 2.10 bits per heavy atom. The number of aryl methyl sites for hydroxylation is 1. The zero-order valence-electron chi connectivity index (χ0n) is 13.3. The summed E-state index contributed by atoms with van der Waals surface area (Å²) in [6.45, 7) is 6.33. The number of carbonyl (C=O) groups is 1. The third-order valence-corrected chi connectivity index (χ3v) is 4.06. The van der Waals surface area contributed by atoms with Crippen molar-refractivity contribution in [1.82, 2.24) is 10.2 Å². The number of ether oxygens (including phenoxy) is 1. The lowest BCUT2D eigenvalue weighted by Crippen LogP contribution is -2.49. The van der Waals surface area contributed by atoms with Crippen molar-refractivity contribution in [2.75, 3.05) is 26.7 Å². The summed E-state index contributed by atoms with van der Waals surface area (Å²) in [6.07, 6.45) is 2.09. The average Bonchev–Trinajstić information content (AvgIpc) is 2.48. The molecule has 4 heteroatoms. The number of rotatable bonds is 5. The maximum atomic E-state index is 12.3. The van der Waals surface area contributed by atoms with E-state index in [1.807, 2.05) is 38.2 Å². The van der Waals surface area contributed by atoms with Gasteiger partial charge in [-0.2, -0.15) is 0 Å². The molecule has 116 valence electrons. The first-order chi connectivity index (χ1) is 10.1. The fourth-order valence-electron chi connectivity index (χ4n) is 2.61. The Labute approximate surface area is 127 Å². The highest BCUT2D eigenvalue weighted by Gasteiger charge is 2.26. The van der Waals surface area contributed by atoms with Crippen molar-refractivity contribution in [3.05, 3.63) is 29.8 Å². The highest BCUT2D eigenvalue weighted by atomic mass is 16.5. The van der Waals surface area contributed by atoms with E-state index in [9.17, 15) is 4.79 Å². The van der Waals surface area contributed by atoms with Crippen LogP contribution in [0.2, 0.25) is 0 Å². The van der Waals surface area contributed by atoms with E-state index in [1.165, 1.54) is 5.56 Å². The molecule has 0 radical (unpaired) electrons. The van der Waals surface area contributed by atoms with Crippen LogP contribution in [0.1, 0.15) is 25.3 Å². The summed E-state index contributed by atoms with van der Waals surface area (Å²) in [5, 5.41) is 3.31. The molecule has 0 aromatic heterocycles. The summed E-state index contributed by atoms with van der Waals surface area (Å²) in [5.74, 6) is 1.65. The fraction of sp³-hybridized carbons (Fsp3) is 0.588. The Balaban J connectivity index is 1.74. The van der Waals surface area contributed by atoms with Gasteiger partial charge in [-0.3, -0.25) is 4.79 Å². The van der Waals surface area contributed by atoms with Crippen LogP contribution in [0.5, 0.6) is 5.75 Å². The van der Waals surface area contributed by atoms with E-state index < -0.39 is 0 Å². The number of amides is 1. The van der Waals surface area contributed by atoms with Gasteiger partial charge in [0.25, 0.3) is 0 Å². The quantitative estimate of drug-likeness (QED) is 0.904. The molecule has 1 amide bonds. The Kier molecular flexibility index (Phi) is 5.62. The maximum absolute atomic E-state index is 12.3. The van der Waals surface area contributed by atoms with Gasteiger partial charge in [0.05, 0.1) is 12.6 Å². The molecule has 0 aliphatic carbocycles. The third kappa shape index (κ3) is 4.74. The molecule has 1 heterocycles. The summed E-state index contributed by atoms with van der Waals surface area (Å²) >= 11 is 0. The van der Waals surface area contributed by atoms with E-state index in [4.69, 9.17) is 4.74 Å². The van der Waals surface area contributed by atoms with Gasteiger partial charge in [0.15, 0.2) is 0 Å². The van der Waals surface area contributed by atoms with Gasteiger partial charge >= 0.3 is 0 Å². The molecule has 1 aliphatic rings. The molecule has 4 nitrogen and oxygen atoms in total. The predicted octanol–water partition coefficient (Wildman–Crippen LogP) is 2.22. The molecular weight excluding hydrogens is 264 g/mol. The van der Waals surface area contributed by atoms with Crippen LogP contribution in [-0.2, 0) is 4.79 Å². The van der Waals surface area contributed by atoms with Crippen LogP contribution in [0.4, 0.5) is 0 Å². The molecule has 1 saturated heterocycles. The van der Waals surface area contributed by atoms with Gasteiger partial charge in [0, 0.05) is 7.05 Å². The van der Waals surface area contributed by atoms with Crippen molar-refractivity contribution in [2.24, 2.45) is 5.92 Å². The van der Waals surface area contributed by atoms with Gasteiger partial charge in [-0.05, 0) is 44.4 Å². The van der Waals surface area contributed by atoms with E-state index in [0.29, 0.717) is 19.1 Å². The van der Waals surface area contributed by atoms with Gasteiger partial charge in [-0.25, -0.2) is 0 Å². The SMILES string of the molecule is Cc1ccc(OCCN(C)C(=O)C2CC(C)CCN2)cc1. The van der Waals surface area contributed by atoms with E-state index in [-0.39, 0.29) is 11.9 Å². The molecule has 0 saturated carbocycles. The first-order valence-electron chi connectivity index (χ1n) is 7.74. The zero-order valence-corrected chi connectivity index (χ0v) is 13.3. The summed E-state index contributed by atoms with van der Waals surface area (Å²) in [6, 6.07) is 7.94. The van der Waals surface area contributed by atoms with E-state index >= 15 is 0 Å². The number of piperidine rings is 1. The fourth-order valence-corrected chi connectivity index (χ4v) is 2.61.